The summed E-state index contributed by atoms with van der Waals surface area (Å²) >= 11 is 0. The highest BCUT2D eigenvalue weighted by Crippen LogP contribution is 2.34. The van der Waals surface area contributed by atoms with Crippen molar-refractivity contribution in [1.29, 1.82) is 0 Å². The molecule has 2 fully saturated rings. The first-order valence-corrected chi connectivity index (χ1v) is 17.4. The summed E-state index contributed by atoms with van der Waals surface area (Å²) in [7, 11) is 0. The summed E-state index contributed by atoms with van der Waals surface area (Å²) in [6.45, 7) is 18.8. The van der Waals surface area contributed by atoms with E-state index in [2.05, 4.69) is 95.6 Å². The van der Waals surface area contributed by atoms with Gasteiger partial charge in [-0.2, -0.15) is 0 Å². The van der Waals surface area contributed by atoms with Crippen LogP contribution < -0.4 is 20.4 Å². The van der Waals surface area contributed by atoms with Crippen LogP contribution in [0.5, 0.6) is 0 Å². The molecular formula is C41H49FN4O. The lowest BCUT2D eigenvalue weighted by molar-refractivity contribution is 0.101. The number of Topliss-reactive ketones (excluding diaryl/α,β-unsaturated/α-hetero) is 1. The Morgan fingerprint density at radius 1 is 0.979 bits per heavy atom. The summed E-state index contributed by atoms with van der Waals surface area (Å²) < 4.78 is 15.8. The van der Waals surface area contributed by atoms with Crippen LogP contribution in [0.3, 0.4) is 0 Å². The van der Waals surface area contributed by atoms with E-state index in [4.69, 9.17) is 0 Å². The van der Waals surface area contributed by atoms with Crippen molar-refractivity contribution in [2.45, 2.75) is 53.4 Å². The van der Waals surface area contributed by atoms with Crippen molar-refractivity contribution < 1.29 is 9.18 Å². The highest BCUT2D eigenvalue weighted by molar-refractivity contribution is 5.98. The van der Waals surface area contributed by atoms with Gasteiger partial charge in [-0.1, -0.05) is 43.9 Å². The number of fused-ring (bicyclic) bond motifs is 1. The smallest absolute Gasteiger partial charge is 0.160 e. The van der Waals surface area contributed by atoms with Gasteiger partial charge in [0.15, 0.2) is 5.78 Å². The van der Waals surface area contributed by atoms with Gasteiger partial charge in [-0.05, 0) is 118 Å². The normalized spacial score (nSPS) is 17.2. The fourth-order valence-electron chi connectivity index (χ4n) is 7.68. The van der Waals surface area contributed by atoms with E-state index in [1.54, 1.807) is 19.1 Å². The lowest BCUT2D eigenvalue weighted by atomic mass is 9.92. The van der Waals surface area contributed by atoms with Crippen molar-refractivity contribution >= 4 is 46.3 Å². The summed E-state index contributed by atoms with van der Waals surface area (Å²) in [6.07, 6.45) is 10.5. The number of hydrogen-bond donors (Lipinski definition) is 1. The molecule has 246 valence electrons. The van der Waals surface area contributed by atoms with Crippen molar-refractivity contribution in [2.75, 3.05) is 55.6 Å². The first-order valence-electron chi connectivity index (χ1n) is 17.4. The number of piperazine rings is 1. The van der Waals surface area contributed by atoms with Crippen molar-refractivity contribution in [2.24, 2.45) is 5.92 Å². The largest absolute Gasteiger partial charge is 0.369 e. The number of aromatic nitrogens is 1. The van der Waals surface area contributed by atoms with Gasteiger partial charge in [0.1, 0.15) is 5.82 Å². The zero-order valence-corrected chi connectivity index (χ0v) is 28.5. The highest BCUT2D eigenvalue weighted by atomic mass is 19.1. The second kappa shape index (κ2) is 14.3. The Morgan fingerprint density at radius 2 is 1.74 bits per heavy atom. The zero-order chi connectivity index (χ0) is 33.1. The molecule has 5 nitrogen and oxygen atoms in total. The predicted molar refractivity (Wildman–Crippen MR) is 197 cm³/mol. The molecule has 0 radical (unpaired) electrons. The number of ketones is 1. The Labute approximate surface area is 279 Å². The van der Waals surface area contributed by atoms with Crippen molar-refractivity contribution in [3.05, 3.63) is 88.2 Å². The Balaban J connectivity index is 1.03. The number of hydrogen-bond acceptors (Lipinski definition) is 4. The number of carbonyl (C=O) groups is 1. The van der Waals surface area contributed by atoms with Gasteiger partial charge in [0, 0.05) is 72.0 Å². The number of aryl methyl sites for hydroxylation is 1. The third-order valence-electron chi connectivity index (χ3n) is 10.3. The molecule has 0 bridgehead atoms. The summed E-state index contributed by atoms with van der Waals surface area (Å²) in [6, 6.07) is 16.4. The Kier molecular flexibility index (Phi) is 9.97. The molecule has 0 saturated carbocycles. The number of halogens is 1. The van der Waals surface area contributed by atoms with Crippen molar-refractivity contribution in [3.63, 3.8) is 0 Å². The molecule has 2 aliphatic heterocycles. The molecule has 0 unspecified atom stereocenters. The van der Waals surface area contributed by atoms with Crippen LogP contribution in [0, 0.1) is 18.7 Å². The van der Waals surface area contributed by atoms with E-state index in [-0.39, 0.29) is 11.6 Å². The van der Waals surface area contributed by atoms with E-state index in [9.17, 15) is 4.79 Å². The van der Waals surface area contributed by atoms with Gasteiger partial charge >= 0.3 is 0 Å². The number of rotatable bonds is 9. The fraction of sp³-hybridized carbons (Fsp3) is 0.390. The van der Waals surface area contributed by atoms with Gasteiger partial charge in [-0.15, -0.1) is 0 Å². The Morgan fingerprint density at radius 3 is 2.40 bits per heavy atom. The minimum Gasteiger partial charge on any atom is -0.369 e. The average molecular weight is 633 g/mol. The first-order chi connectivity index (χ1) is 22.8. The van der Waals surface area contributed by atoms with Crippen LogP contribution in [0.15, 0.2) is 55.1 Å². The molecule has 0 amide bonds. The van der Waals surface area contributed by atoms with E-state index in [0.717, 1.165) is 115 Å². The molecule has 0 spiro atoms. The maximum atomic E-state index is 15.8. The molecule has 1 N–H and O–H groups in total. The van der Waals surface area contributed by atoms with Crippen molar-refractivity contribution in [3.8, 4) is 11.1 Å². The van der Waals surface area contributed by atoms with Crippen molar-refractivity contribution in [1.82, 2.24) is 9.88 Å². The molecule has 6 heteroatoms. The standard InChI is InChI=1S/C41H49FN4O/c1-6-9-39-35(8-3)37-12-10-32(27-40(37)43-39)33-24-28(4)41(38(42)26-33)46-18-15-30(16-19-46)14-17-44-20-22-45(23-21-44)34-11-13-36(29(5)47)31(7-2)25-34/h7-13,24-27,30,43H,2,6,14-23H2,1,3-5H3/b35-8-,39-9+. The molecule has 2 saturated heterocycles. The predicted octanol–water partition coefficient (Wildman–Crippen LogP) is 7.55. The second-order valence-corrected chi connectivity index (χ2v) is 13.3. The van der Waals surface area contributed by atoms with E-state index >= 15 is 4.39 Å². The lowest BCUT2D eigenvalue weighted by Crippen LogP contribution is -2.47. The number of H-pyrrole nitrogens is 1. The second-order valence-electron chi connectivity index (χ2n) is 13.3. The van der Waals surface area contributed by atoms with E-state index < -0.39 is 0 Å². The van der Waals surface area contributed by atoms with Gasteiger partial charge in [-0.25, -0.2) is 4.39 Å². The van der Waals surface area contributed by atoms with Crippen LogP contribution in [0.1, 0.15) is 67.9 Å². The van der Waals surface area contributed by atoms with Gasteiger partial charge < -0.3 is 14.8 Å². The SMILES string of the molecule is C=Cc1cc(N2CCN(CCC3CCN(c4c(C)cc(-c5ccc6c(=C/C)/c(=C\CC)[nH]c6c5)cc4F)CC3)CC2)ccc1C(C)=O. The number of nitrogens with zero attached hydrogens (tertiary/aromatic N) is 3. The first kappa shape index (κ1) is 32.8. The highest BCUT2D eigenvalue weighted by Gasteiger charge is 2.25. The monoisotopic (exact) mass is 632 g/mol. The number of carbonyl (C=O) groups excluding carboxylic acids is 1. The molecule has 0 atom stereocenters. The molecule has 0 aliphatic carbocycles. The molecule has 3 heterocycles. The van der Waals surface area contributed by atoms with E-state index in [1.165, 1.54) is 17.0 Å². The Hall–Kier alpha value is -4.16. The molecule has 3 aromatic carbocycles. The van der Waals surface area contributed by atoms with Crippen LogP contribution in [-0.2, 0) is 0 Å². The van der Waals surface area contributed by atoms with Crippen LogP contribution >= 0.6 is 0 Å². The summed E-state index contributed by atoms with van der Waals surface area (Å²) in [4.78, 5) is 22.7. The fourth-order valence-corrected chi connectivity index (χ4v) is 7.68. The van der Waals surface area contributed by atoms with Crippen LogP contribution in [0.2, 0.25) is 0 Å². The minimum absolute atomic E-state index is 0.0751. The number of anilines is 2. The molecule has 4 aromatic rings. The van der Waals surface area contributed by atoms with Gasteiger partial charge in [0.05, 0.1) is 5.69 Å². The lowest BCUT2D eigenvalue weighted by Gasteiger charge is -2.38. The molecule has 6 rings (SSSR count). The zero-order valence-electron chi connectivity index (χ0n) is 28.5. The molecule has 47 heavy (non-hydrogen) atoms. The Bertz CT molecular complexity index is 1870. The number of benzene rings is 3. The van der Waals surface area contributed by atoms with E-state index in [0.29, 0.717) is 5.92 Å². The maximum Gasteiger partial charge on any atom is 0.160 e. The average Bonchev–Trinajstić information content (AvgIpc) is 3.43. The van der Waals surface area contributed by atoms with Crippen LogP contribution in [0.4, 0.5) is 15.8 Å². The third kappa shape index (κ3) is 6.94. The quantitative estimate of drug-likeness (QED) is 0.194. The van der Waals surface area contributed by atoms with Gasteiger partial charge in [0.2, 0.25) is 0 Å². The number of aromatic amines is 1. The van der Waals surface area contributed by atoms with Gasteiger partial charge in [-0.3, -0.25) is 9.69 Å². The van der Waals surface area contributed by atoms with Crippen LogP contribution in [0.25, 0.3) is 40.3 Å². The maximum absolute atomic E-state index is 15.8. The van der Waals surface area contributed by atoms with E-state index in [1.807, 2.05) is 6.07 Å². The number of piperidine rings is 1. The minimum atomic E-state index is -0.123. The van der Waals surface area contributed by atoms with Crippen LogP contribution in [-0.4, -0.2) is 61.5 Å². The summed E-state index contributed by atoms with van der Waals surface area (Å²) in [5.74, 6) is 0.626. The topological polar surface area (TPSA) is 42.6 Å². The van der Waals surface area contributed by atoms with Gasteiger partial charge in [0.25, 0.3) is 0 Å². The number of nitrogens with one attached hydrogen (secondary N) is 1. The molecule has 1 aromatic heterocycles. The molecular weight excluding hydrogens is 583 g/mol. The molecule has 2 aliphatic rings. The third-order valence-corrected chi connectivity index (χ3v) is 10.3. The summed E-state index contributed by atoms with van der Waals surface area (Å²) in [5.41, 5.74) is 7.62. The summed E-state index contributed by atoms with van der Waals surface area (Å²) in [5, 5.41) is 3.59.